The third-order valence-electron chi connectivity index (χ3n) is 3.11. The minimum absolute atomic E-state index is 0.811. The van der Waals surface area contributed by atoms with E-state index in [-0.39, 0.29) is 0 Å². The first-order valence-corrected chi connectivity index (χ1v) is 6.02. The van der Waals surface area contributed by atoms with E-state index in [0.717, 1.165) is 5.92 Å². The molecule has 0 aromatic rings. The normalized spacial score (nSPS) is 18.6. The maximum Gasteiger partial charge on any atom is -0.0229 e. The van der Waals surface area contributed by atoms with Crippen LogP contribution in [0.5, 0.6) is 0 Å². The molecule has 0 saturated heterocycles. The SMILES string of the molecule is CC(C)=CCCC(C)C1=CCCCC1. The zero-order chi connectivity index (χ0) is 10.4. The first-order chi connectivity index (χ1) is 6.70. The topological polar surface area (TPSA) is 0 Å². The van der Waals surface area contributed by atoms with Crippen molar-refractivity contribution in [3.05, 3.63) is 23.3 Å². The summed E-state index contributed by atoms with van der Waals surface area (Å²) in [5.41, 5.74) is 3.17. The van der Waals surface area contributed by atoms with Gasteiger partial charge in [0, 0.05) is 0 Å². The summed E-state index contributed by atoms with van der Waals surface area (Å²) in [6.45, 7) is 6.76. The van der Waals surface area contributed by atoms with Crippen molar-refractivity contribution in [1.29, 1.82) is 0 Å². The molecule has 1 atom stereocenters. The highest BCUT2D eigenvalue weighted by molar-refractivity contribution is 5.08. The molecule has 0 saturated carbocycles. The predicted molar refractivity (Wildman–Crippen MR) is 64.4 cm³/mol. The Balaban J connectivity index is 2.30. The van der Waals surface area contributed by atoms with Crippen molar-refractivity contribution in [2.24, 2.45) is 5.92 Å². The lowest BCUT2D eigenvalue weighted by Crippen LogP contribution is -2.02. The lowest BCUT2D eigenvalue weighted by atomic mass is 9.87. The van der Waals surface area contributed by atoms with Crippen molar-refractivity contribution >= 4 is 0 Å². The van der Waals surface area contributed by atoms with E-state index in [1.54, 1.807) is 5.57 Å². The predicted octanol–water partition coefficient (Wildman–Crippen LogP) is 4.87. The van der Waals surface area contributed by atoms with Crippen LogP contribution in [-0.4, -0.2) is 0 Å². The van der Waals surface area contributed by atoms with Gasteiger partial charge in [0.15, 0.2) is 0 Å². The Hall–Kier alpha value is -0.520. The molecule has 0 N–H and O–H groups in total. The van der Waals surface area contributed by atoms with E-state index in [0.29, 0.717) is 0 Å². The first kappa shape index (κ1) is 11.6. The molecule has 0 amide bonds. The van der Waals surface area contributed by atoms with E-state index >= 15 is 0 Å². The van der Waals surface area contributed by atoms with Crippen molar-refractivity contribution in [3.63, 3.8) is 0 Å². The van der Waals surface area contributed by atoms with E-state index in [2.05, 4.69) is 32.9 Å². The molecule has 0 bridgehead atoms. The number of rotatable bonds is 4. The fraction of sp³-hybridized carbons (Fsp3) is 0.714. The van der Waals surface area contributed by atoms with Crippen LogP contribution in [0.1, 0.15) is 59.3 Å². The first-order valence-electron chi connectivity index (χ1n) is 6.02. The van der Waals surface area contributed by atoms with E-state index in [1.165, 1.54) is 44.1 Å². The Bertz CT molecular complexity index is 216. The molecule has 0 radical (unpaired) electrons. The Morgan fingerprint density at radius 1 is 1.43 bits per heavy atom. The van der Waals surface area contributed by atoms with Crippen LogP contribution in [0.15, 0.2) is 23.3 Å². The molecule has 0 spiro atoms. The monoisotopic (exact) mass is 192 g/mol. The molecule has 0 aromatic heterocycles. The van der Waals surface area contributed by atoms with Crippen molar-refractivity contribution in [2.45, 2.75) is 59.3 Å². The molecule has 0 nitrogen and oxygen atoms in total. The van der Waals surface area contributed by atoms with Crippen molar-refractivity contribution < 1.29 is 0 Å². The number of hydrogen-bond acceptors (Lipinski definition) is 0. The summed E-state index contributed by atoms with van der Waals surface area (Å²) in [5.74, 6) is 0.811. The molecular weight excluding hydrogens is 168 g/mol. The van der Waals surface area contributed by atoms with Crippen LogP contribution >= 0.6 is 0 Å². The highest BCUT2D eigenvalue weighted by Crippen LogP contribution is 2.26. The van der Waals surface area contributed by atoms with Crippen LogP contribution in [-0.2, 0) is 0 Å². The van der Waals surface area contributed by atoms with Crippen LogP contribution in [0, 0.1) is 5.92 Å². The minimum Gasteiger partial charge on any atom is -0.0859 e. The third-order valence-corrected chi connectivity index (χ3v) is 3.11. The Kier molecular flexibility index (Phi) is 5.00. The number of allylic oxidation sites excluding steroid dienone is 4. The van der Waals surface area contributed by atoms with E-state index < -0.39 is 0 Å². The van der Waals surface area contributed by atoms with Crippen LogP contribution in [0.25, 0.3) is 0 Å². The molecule has 0 fully saturated rings. The highest BCUT2D eigenvalue weighted by atomic mass is 14.2. The van der Waals surface area contributed by atoms with Gasteiger partial charge < -0.3 is 0 Å². The van der Waals surface area contributed by atoms with Gasteiger partial charge in [0.25, 0.3) is 0 Å². The molecule has 1 aliphatic rings. The maximum absolute atomic E-state index is 2.48. The van der Waals surface area contributed by atoms with Gasteiger partial charge in [-0.15, -0.1) is 0 Å². The van der Waals surface area contributed by atoms with Crippen molar-refractivity contribution in [2.75, 3.05) is 0 Å². The summed E-state index contributed by atoms with van der Waals surface area (Å²) in [6.07, 6.45) is 12.9. The molecule has 14 heavy (non-hydrogen) atoms. The fourth-order valence-corrected chi connectivity index (χ4v) is 2.12. The van der Waals surface area contributed by atoms with Crippen LogP contribution in [0.4, 0.5) is 0 Å². The van der Waals surface area contributed by atoms with Crippen LogP contribution in [0.3, 0.4) is 0 Å². The average molecular weight is 192 g/mol. The van der Waals surface area contributed by atoms with Crippen LogP contribution in [0.2, 0.25) is 0 Å². The van der Waals surface area contributed by atoms with E-state index in [1.807, 2.05) is 0 Å². The van der Waals surface area contributed by atoms with Gasteiger partial charge >= 0.3 is 0 Å². The summed E-state index contributed by atoms with van der Waals surface area (Å²) >= 11 is 0. The Labute approximate surface area is 89.1 Å². The van der Waals surface area contributed by atoms with E-state index in [9.17, 15) is 0 Å². The summed E-state index contributed by atoms with van der Waals surface area (Å²) in [5, 5.41) is 0. The molecule has 0 heteroatoms. The second-order valence-corrected chi connectivity index (χ2v) is 4.78. The zero-order valence-corrected chi connectivity index (χ0v) is 9.97. The summed E-state index contributed by atoms with van der Waals surface area (Å²) < 4.78 is 0. The Morgan fingerprint density at radius 2 is 2.21 bits per heavy atom. The quantitative estimate of drug-likeness (QED) is 0.557. The van der Waals surface area contributed by atoms with Crippen molar-refractivity contribution in [1.82, 2.24) is 0 Å². The van der Waals surface area contributed by atoms with Crippen LogP contribution < -0.4 is 0 Å². The molecule has 1 rings (SSSR count). The zero-order valence-electron chi connectivity index (χ0n) is 9.97. The van der Waals surface area contributed by atoms with Gasteiger partial charge in [0.2, 0.25) is 0 Å². The molecule has 0 heterocycles. The summed E-state index contributed by atoms with van der Waals surface area (Å²) in [4.78, 5) is 0. The lowest BCUT2D eigenvalue weighted by molar-refractivity contribution is 0.555. The van der Waals surface area contributed by atoms with E-state index in [4.69, 9.17) is 0 Å². The molecule has 0 aliphatic heterocycles. The van der Waals surface area contributed by atoms with Gasteiger partial charge in [0.05, 0.1) is 0 Å². The standard InChI is InChI=1S/C14H24/c1-12(2)8-7-9-13(3)14-10-5-4-6-11-14/h8,10,13H,4-7,9,11H2,1-3H3. The summed E-state index contributed by atoms with van der Waals surface area (Å²) in [7, 11) is 0. The second-order valence-electron chi connectivity index (χ2n) is 4.78. The molecule has 1 aliphatic carbocycles. The molecule has 80 valence electrons. The second kappa shape index (κ2) is 6.06. The minimum atomic E-state index is 0.811. The van der Waals surface area contributed by atoms with Gasteiger partial charge in [-0.25, -0.2) is 0 Å². The molecular formula is C14H24. The van der Waals surface area contributed by atoms with Gasteiger partial charge in [-0.05, 0) is 58.3 Å². The van der Waals surface area contributed by atoms with Gasteiger partial charge in [0.1, 0.15) is 0 Å². The van der Waals surface area contributed by atoms with Crippen molar-refractivity contribution in [3.8, 4) is 0 Å². The average Bonchev–Trinajstić information content (AvgIpc) is 2.18. The van der Waals surface area contributed by atoms with Gasteiger partial charge in [-0.1, -0.05) is 30.2 Å². The summed E-state index contributed by atoms with van der Waals surface area (Å²) in [6, 6.07) is 0. The third kappa shape index (κ3) is 4.13. The largest absolute Gasteiger partial charge is 0.0859 e. The number of hydrogen-bond donors (Lipinski definition) is 0. The maximum atomic E-state index is 2.48. The van der Waals surface area contributed by atoms with Gasteiger partial charge in [-0.2, -0.15) is 0 Å². The molecule has 1 unspecified atom stereocenters. The molecule has 0 aromatic carbocycles. The lowest BCUT2D eigenvalue weighted by Gasteiger charge is -2.19. The highest BCUT2D eigenvalue weighted by Gasteiger charge is 2.10. The Morgan fingerprint density at radius 3 is 2.79 bits per heavy atom. The smallest absolute Gasteiger partial charge is 0.0229 e. The fourth-order valence-electron chi connectivity index (χ4n) is 2.12. The van der Waals surface area contributed by atoms with Gasteiger partial charge in [-0.3, -0.25) is 0 Å².